The smallest absolute Gasteiger partial charge is 0.240 e. The third-order valence-corrected chi connectivity index (χ3v) is 5.72. The Balaban J connectivity index is 2.24. The first-order valence-electron chi connectivity index (χ1n) is 8.41. The molecule has 1 atom stereocenters. The van der Waals surface area contributed by atoms with Gasteiger partial charge in [-0.1, -0.05) is 37.3 Å². The number of halogens is 1. The third-order valence-electron chi connectivity index (χ3n) is 4.32. The van der Waals surface area contributed by atoms with E-state index in [-0.39, 0.29) is 17.2 Å². The Labute approximate surface area is 154 Å². The van der Waals surface area contributed by atoms with E-state index >= 15 is 0 Å². The van der Waals surface area contributed by atoms with Gasteiger partial charge in [-0.15, -0.1) is 0 Å². The molecule has 5 nitrogen and oxygen atoms in total. The van der Waals surface area contributed by atoms with Gasteiger partial charge in [0.25, 0.3) is 0 Å². The molecule has 0 saturated heterocycles. The van der Waals surface area contributed by atoms with E-state index in [0.29, 0.717) is 13.0 Å². The van der Waals surface area contributed by atoms with Crippen LogP contribution in [0.1, 0.15) is 25.8 Å². The fourth-order valence-corrected chi connectivity index (χ4v) is 3.82. The van der Waals surface area contributed by atoms with Gasteiger partial charge in [-0.25, -0.2) is 17.5 Å². The summed E-state index contributed by atoms with van der Waals surface area (Å²) in [5, 5.41) is 0. The van der Waals surface area contributed by atoms with Crippen molar-refractivity contribution in [1.82, 2.24) is 4.72 Å². The van der Waals surface area contributed by atoms with Crippen LogP contribution in [-0.4, -0.2) is 28.7 Å². The quantitative estimate of drug-likeness (QED) is 0.723. The van der Waals surface area contributed by atoms with Crippen LogP contribution in [0.25, 0.3) is 0 Å². The predicted molar refractivity (Wildman–Crippen MR) is 98.2 cm³/mol. The SMILES string of the molecule is CCOc1ccc(S(=O)(=O)NCC(CC)(OC)c2ccccc2)cc1F. The molecule has 2 aromatic rings. The molecule has 1 N–H and O–H groups in total. The van der Waals surface area contributed by atoms with Gasteiger partial charge in [0.2, 0.25) is 10.0 Å². The Kier molecular flexibility index (Phi) is 6.75. The molecule has 26 heavy (non-hydrogen) atoms. The maximum atomic E-state index is 14.0. The Morgan fingerprint density at radius 3 is 2.35 bits per heavy atom. The van der Waals surface area contributed by atoms with Crippen LogP contribution in [0.4, 0.5) is 4.39 Å². The molecular formula is C19H24FNO4S. The number of rotatable bonds is 9. The second-order valence-electron chi connectivity index (χ2n) is 5.77. The van der Waals surface area contributed by atoms with Gasteiger partial charge in [0, 0.05) is 13.7 Å². The third kappa shape index (κ3) is 4.41. The van der Waals surface area contributed by atoms with Gasteiger partial charge in [-0.3, -0.25) is 0 Å². The normalized spacial score (nSPS) is 14.0. The Morgan fingerprint density at radius 2 is 1.81 bits per heavy atom. The van der Waals surface area contributed by atoms with Crippen LogP contribution in [-0.2, 0) is 20.4 Å². The van der Waals surface area contributed by atoms with Crippen molar-refractivity contribution in [2.24, 2.45) is 0 Å². The average Bonchev–Trinajstić information content (AvgIpc) is 2.65. The van der Waals surface area contributed by atoms with E-state index in [1.807, 2.05) is 37.3 Å². The summed E-state index contributed by atoms with van der Waals surface area (Å²) in [4.78, 5) is -0.160. The van der Waals surface area contributed by atoms with Crippen molar-refractivity contribution >= 4 is 10.0 Å². The zero-order chi connectivity index (χ0) is 19.2. The number of hydrogen-bond donors (Lipinski definition) is 1. The highest BCUT2D eigenvalue weighted by Gasteiger charge is 2.32. The molecule has 0 aliphatic rings. The summed E-state index contributed by atoms with van der Waals surface area (Å²) in [5.41, 5.74) is 0.0589. The molecule has 0 amide bonds. The van der Waals surface area contributed by atoms with Crippen molar-refractivity contribution in [3.63, 3.8) is 0 Å². The molecule has 2 aromatic carbocycles. The molecule has 1 unspecified atom stereocenters. The largest absolute Gasteiger partial charge is 0.491 e. The van der Waals surface area contributed by atoms with Gasteiger partial charge in [0.05, 0.1) is 11.5 Å². The number of methoxy groups -OCH3 is 1. The molecule has 0 heterocycles. The molecule has 0 spiro atoms. The molecular weight excluding hydrogens is 357 g/mol. The van der Waals surface area contributed by atoms with Crippen molar-refractivity contribution in [3.8, 4) is 5.75 Å². The van der Waals surface area contributed by atoms with Gasteiger partial charge in [0.1, 0.15) is 5.60 Å². The lowest BCUT2D eigenvalue weighted by atomic mass is 9.91. The monoisotopic (exact) mass is 381 g/mol. The van der Waals surface area contributed by atoms with E-state index in [0.717, 1.165) is 11.6 Å². The molecule has 0 fully saturated rings. The Morgan fingerprint density at radius 1 is 1.12 bits per heavy atom. The van der Waals surface area contributed by atoms with Crippen molar-refractivity contribution in [2.75, 3.05) is 20.3 Å². The number of sulfonamides is 1. The van der Waals surface area contributed by atoms with Crippen molar-refractivity contribution < 1.29 is 22.3 Å². The van der Waals surface area contributed by atoms with Gasteiger partial charge in [0.15, 0.2) is 11.6 Å². The van der Waals surface area contributed by atoms with Crippen LogP contribution < -0.4 is 9.46 Å². The number of hydrogen-bond acceptors (Lipinski definition) is 4. The summed E-state index contributed by atoms with van der Waals surface area (Å²) in [6.45, 7) is 3.97. The van der Waals surface area contributed by atoms with Gasteiger partial charge < -0.3 is 9.47 Å². The summed E-state index contributed by atoms with van der Waals surface area (Å²) in [7, 11) is -2.36. The van der Waals surface area contributed by atoms with Crippen molar-refractivity contribution in [3.05, 3.63) is 59.9 Å². The van der Waals surface area contributed by atoms with Crippen LogP contribution in [0.5, 0.6) is 5.75 Å². The molecule has 0 aliphatic carbocycles. The van der Waals surface area contributed by atoms with E-state index in [4.69, 9.17) is 9.47 Å². The first kappa shape index (κ1) is 20.4. The topological polar surface area (TPSA) is 64.6 Å². The summed E-state index contributed by atoms with van der Waals surface area (Å²) in [5.74, 6) is -0.693. The lowest BCUT2D eigenvalue weighted by molar-refractivity contribution is -0.0133. The van der Waals surface area contributed by atoms with Crippen LogP contribution in [0.3, 0.4) is 0 Å². The molecule has 142 valence electrons. The highest BCUT2D eigenvalue weighted by molar-refractivity contribution is 7.89. The highest BCUT2D eigenvalue weighted by Crippen LogP contribution is 2.29. The van der Waals surface area contributed by atoms with Crippen molar-refractivity contribution in [2.45, 2.75) is 30.8 Å². The minimum atomic E-state index is -3.90. The van der Waals surface area contributed by atoms with Gasteiger partial charge in [-0.2, -0.15) is 0 Å². The Bertz CT molecular complexity index is 821. The number of nitrogens with one attached hydrogen (secondary N) is 1. The van der Waals surface area contributed by atoms with E-state index < -0.39 is 21.4 Å². The van der Waals surface area contributed by atoms with E-state index in [2.05, 4.69) is 4.72 Å². The minimum Gasteiger partial charge on any atom is -0.491 e. The van der Waals surface area contributed by atoms with Crippen LogP contribution >= 0.6 is 0 Å². The zero-order valence-electron chi connectivity index (χ0n) is 15.2. The van der Waals surface area contributed by atoms with Gasteiger partial charge >= 0.3 is 0 Å². The van der Waals surface area contributed by atoms with E-state index in [1.165, 1.54) is 12.1 Å². The van der Waals surface area contributed by atoms with Crippen molar-refractivity contribution in [1.29, 1.82) is 0 Å². The van der Waals surface area contributed by atoms with E-state index in [9.17, 15) is 12.8 Å². The van der Waals surface area contributed by atoms with Crippen LogP contribution in [0.2, 0.25) is 0 Å². The molecule has 2 rings (SSSR count). The first-order valence-corrected chi connectivity index (χ1v) is 9.89. The van der Waals surface area contributed by atoms with Gasteiger partial charge in [-0.05, 0) is 37.1 Å². The average molecular weight is 381 g/mol. The zero-order valence-corrected chi connectivity index (χ0v) is 16.0. The first-order chi connectivity index (χ1) is 12.4. The fraction of sp³-hybridized carbons (Fsp3) is 0.368. The lowest BCUT2D eigenvalue weighted by Gasteiger charge is -2.32. The maximum absolute atomic E-state index is 14.0. The Hall–Kier alpha value is -1.96. The molecule has 7 heteroatoms. The summed E-state index contributed by atoms with van der Waals surface area (Å²) < 4.78 is 52.5. The molecule has 0 aromatic heterocycles. The molecule has 0 bridgehead atoms. The molecule has 0 aliphatic heterocycles. The highest BCUT2D eigenvalue weighted by atomic mass is 32.2. The summed E-state index contributed by atoms with van der Waals surface area (Å²) >= 11 is 0. The number of ether oxygens (including phenoxy) is 2. The predicted octanol–water partition coefficient (Wildman–Crippen LogP) is 3.45. The van der Waals surface area contributed by atoms with Crippen LogP contribution in [0.15, 0.2) is 53.4 Å². The van der Waals surface area contributed by atoms with Crippen LogP contribution in [0, 0.1) is 5.82 Å². The number of benzene rings is 2. The summed E-state index contributed by atoms with van der Waals surface area (Å²) in [6, 6.07) is 13.0. The fourth-order valence-electron chi connectivity index (χ4n) is 2.72. The second kappa shape index (κ2) is 8.62. The molecule has 0 saturated carbocycles. The lowest BCUT2D eigenvalue weighted by Crippen LogP contribution is -2.41. The second-order valence-corrected chi connectivity index (χ2v) is 7.53. The molecule has 0 radical (unpaired) electrons. The standard InChI is InChI=1S/C19H24FNO4S/c1-4-19(24-3,15-9-7-6-8-10-15)14-21-26(22,23)16-11-12-18(25-5-2)17(20)13-16/h6-13,21H,4-5,14H2,1-3H3. The maximum Gasteiger partial charge on any atom is 0.240 e. The minimum absolute atomic E-state index is 0.0236. The van der Waals surface area contributed by atoms with E-state index in [1.54, 1.807) is 14.0 Å². The summed E-state index contributed by atoms with van der Waals surface area (Å²) in [6.07, 6.45) is 0.563.